The van der Waals surface area contributed by atoms with E-state index in [9.17, 15) is 4.79 Å². The molecule has 0 N–H and O–H groups in total. The van der Waals surface area contributed by atoms with Gasteiger partial charge >= 0.3 is 0 Å². The molecule has 0 saturated carbocycles. The number of Topliss-reactive ketones (excluding diaryl/α,β-unsaturated/α-hetero) is 1. The van der Waals surface area contributed by atoms with Gasteiger partial charge in [0.1, 0.15) is 0 Å². The lowest BCUT2D eigenvalue weighted by Gasteiger charge is -2.33. The van der Waals surface area contributed by atoms with E-state index in [4.69, 9.17) is 0 Å². The lowest BCUT2D eigenvalue weighted by molar-refractivity contribution is 0.101. The van der Waals surface area contributed by atoms with Gasteiger partial charge < -0.3 is 0 Å². The fraction of sp³-hybridized carbons (Fsp3) is 0.519. The van der Waals surface area contributed by atoms with Gasteiger partial charge in [-0.2, -0.15) is 0 Å². The molecule has 3 rings (SSSR count). The molecule has 29 heavy (non-hydrogen) atoms. The SMILES string of the molecule is CCCCCCC1(CCCCCC)c2cc(I)ccc2-c2ccc(C(C)=O)cc21. The minimum absolute atomic E-state index is 0.0682. The summed E-state index contributed by atoms with van der Waals surface area (Å²) in [7, 11) is 0. The second-order valence-electron chi connectivity index (χ2n) is 8.71. The molecule has 0 heterocycles. The molecule has 0 unspecified atom stereocenters. The van der Waals surface area contributed by atoms with E-state index in [2.05, 4.69) is 66.8 Å². The molecule has 0 bridgehead atoms. The maximum atomic E-state index is 12.2. The van der Waals surface area contributed by atoms with E-state index < -0.39 is 0 Å². The zero-order chi connectivity index (χ0) is 20.9. The zero-order valence-electron chi connectivity index (χ0n) is 18.3. The first-order chi connectivity index (χ1) is 14.0. The Labute approximate surface area is 190 Å². The Balaban J connectivity index is 2.08. The number of ketones is 1. The Kier molecular flexibility index (Phi) is 7.95. The third kappa shape index (κ3) is 4.78. The predicted octanol–water partition coefficient (Wildman–Crippen LogP) is 8.70. The van der Waals surface area contributed by atoms with E-state index in [0.29, 0.717) is 0 Å². The summed E-state index contributed by atoms with van der Waals surface area (Å²) in [6, 6.07) is 13.4. The van der Waals surface area contributed by atoms with Crippen LogP contribution >= 0.6 is 22.6 Å². The first-order valence-corrected chi connectivity index (χ1v) is 12.6. The highest BCUT2D eigenvalue weighted by Crippen LogP contribution is 2.54. The van der Waals surface area contributed by atoms with Crippen LogP contribution in [0.3, 0.4) is 0 Å². The van der Waals surface area contributed by atoms with Crippen LogP contribution in [0.5, 0.6) is 0 Å². The second-order valence-corrected chi connectivity index (χ2v) is 9.96. The van der Waals surface area contributed by atoms with Crippen LogP contribution < -0.4 is 0 Å². The monoisotopic (exact) mass is 502 g/mol. The van der Waals surface area contributed by atoms with Crippen molar-refractivity contribution in [1.29, 1.82) is 0 Å². The van der Waals surface area contributed by atoms with Crippen molar-refractivity contribution in [2.75, 3.05) is 0 Å². The van der Waals surface area contributed by atoms with Crippen molar-refractivity contribution >= 4 is 28.4 Å². The molecule has 0 aromatic heterocycles. The maximum absolute atomic E-state index is 12.2. The van der Waals surface area contributed by atoms with Gasteiger partial charge in [-0.1, -0.05) is 83.4 Å². The van der Waals surface area contributed by atoms with Crippen LogP contribution in [-0.2, 0) is 5.41 Å². The smallest absolute Gasteiger partial charge is 0.159 e. The summed E-state index contributed by atoms with van der Waals surface area (Å²) in [5, 5.41) is 0. The Hall–Kier alpha value is -1.16. The quantitative estimate of drug-likeness (QED) is 0.171. The van der Waals surface area contributed by atoms with Crippen LogP contribution in [0.25, 0.3) is 11.1 Å². The molecule has 1 aliphatic carbocycles. The Morgan fingerprint density at radius 1 is 0.793 bits per heavy atom. The molecule has 1 aliphatic rings. The molecule has 156 valence electrons. The number of fused-ring (bicyclic) bond motifs is 3. The number of hydrogen-bond donors (Lipinski definition) is 0. The largest absolute Gasteiger partial charge is 0.295 e. The Morgan fingerprint density at radius 2 is 1.34 bits per heavy atom. The average molecular weight is 502 g/mol. The molecule has 0 fully saturated rings. The summed E-state index contributed by atoms with van der Waals surface area (Å²) in [6.45, 7) is 6.25. The van der Waals surface area contributed by atoms with Gasteiger partial charge in [0.25, 0.3) is 0 Å². The van der Waals surface area contributed by atoms with Crippen LogP contribution in [0, 0.1) is 3.57 Å². The molecular formula is C27H35IO. The third-order valence-corrected chi connectivity index (χ3v) is 7.31. The summed E-state index contributed by atoms with van der Waals surface area (Å²) in [5.74, 6) is 0.171. The van der Waals surface area contributed by atoms with Crippen LogP contribution in [0.15, 0.2) is 36.4 Å². The lowest BCUT2D eigenvalue weighted by atomic mass is 9.70. The van der Waals surface area contributed by atoms with Gasteiger partial charge in [0, 0.05) is 14.5 Å². The van der Waals surface area contributed by atoms with Gasteiger partial charge in [-0.25, -0.2) is 0 Å². The lowest BCUT2D eigenvalue weighted by Crippen LogP contribution is -2.26. The molecule has 2 heteroatoms. The third-order valence-electron chi connectivity index (χ3n) is 6.64. The van der Waals surface area contributed by atoms with Crippen molar-refractivity contribution < 1.29 is 4.79 Å². The van der Waals surface area contributed by atoms with Gasteiger partial charge in [-0.15, -0.1) is 0 Å². The maximum Gasteiger partial charge on any atom is 0.159 e. The number of carbonyl (C=O) groups excluding carboxylic acids is 1. The van der Waals surface area contributed by atoms with Crippen molar-refractivity contribution in [3.63, 3.8) is 0 Å². The minimum Gasteiger partial charge on any atom is -0.295 e. The molecule has 0 atom stereocenters. The van der Waals surface area contributed by atoms with Gasteiger partial charge in [-0.3, -0.25) is 4.79 Å². The highest BCUT2D eigenvalue weighted by Gasteiger charge is 2.42. The van der Waals surface area contributed by atoms with E-state index in [1.54, 1.807) is 6.92 Å². The molecule has 2 aromatic rings. The van der Waals surface area contributed by atoms with E-state index in [1.165, 1.54) is 90.0 Å². The fourth-order valence-corrected chi connectivity index (χ4v) is 5.55. The predicted molar refractivity (Wildman–Crippen MR) is 133 cm³/mol. The second kappa shape index (κ2) is 10.2. The summed E-state index contributed by atoms with van der Waals surface area (Å²) >= 11 is 2.45. The molecule has 0 radical (unpaired) electrons. The zero-order valence-corrected chi connectivity index (χ0v) is 20.5. The van der Waals surface area contributed by atoms with Crippen LogP contribution in [0.1, 0.15) is 106 Å². The summed E-state index contributed by atoms with van der Waals surface area (Å²) < 4.78 is 1.31. The van der Waals surface area contributed by atoms with Crippen LogP contribution in [-0.4, -0.2) is 5.78 Å². The molecular weight excluding hydrogens is 467 g/mol. The molecule has 0 aliphatic heterocycles. The average Bonchev–Trinajstić information content (AvgIpc) is 2.97. The van der Waals surface area contributed by atoms with Crippen molar-refractivity contribution in [2.45, 2.75) is 90.4 Å². The summed E-state index contributed by atoms with van der Waals surface area (Å²) in [4.78, 5) is 12.2. The fourth-order valence-electron chi connectivity index (χ4n) is 5.06. The van der Waals surface area contributed by atoms with Crippen molar-refractivity contribution in [2.24, 2.45) is 0 Å². The normalized spacial score (nSPS) is 13.9. The molecule has 0 spiro atoms. The number of hydrogen-bond acceptors (Lipinski definition) is 1. The first kappa shape index (κ1) is 22.5. The highest BCUT2D eigenvalue weighted by atomic mass is 127. The van der Waals surface area contributed by atoms with Crippen molar-refractivity contribution in [3.05, 3.63) is 56.7 Å². The number of carbonyl (C=O) groups is 1. The van der Waals surface area contributed by atoms with Crippen LogP contribution in [0.2, 0.25) is 0 Å². The van der Waals surface area contributed by atoms with E-state index >= 15 is 0 Å². The summed E-state index contributed by atoms with van der Waals surface area (Å²) in [5.41, 5.74) is 6.59. The highest BCUT2D eigenvalue weighted by molar-refractivity contribution is 14.1. The first-order valence-electron chi connectivity index (χ1n) is 11.5. The minimum atomic E-state index is 0.0682. The van der Waals surface area contributed by atoms with Crippen molar-refractivity contribution in [3.8, 4) is 11.1 Å². The molecule has 0 saturated heterocycles. The molecule has 2 aromatic carbocycles. The number of benzene rings is 2. The number of halogens is 1. The number of unbranched alkanes of at least 4 members (excludes halogenated alkanes) is 6. The van der Waals surface area contributed by atoms with Gasteiger partial charge in [0.2, 0.25) is 0 Å². The van der Waals surface area contributed by atoms with E-state index in [0.717, 1.165) is 5.56 Å². The van der Waals surface area contributed by atoms with Gasteiger partial charge in [0.15, 0.2) is 5.78 Å². The topological polar surface area (TPSA) is 17.1 Å². The van der Waals surface area contributed by atoms with Crippen molar-refractivity contribution in [1.82, 2.24) is 0 Å². The van der Waals surface area contributed by atoms with E-state index in [-0.39, 0.29) is 11.2 Å². The van der Waals surface area contributed by atoms with Crippen LogP contribution in [0.4, 0.5) is 0 Å². The standard InChI is InChI=1S/C27H35IO/c1-4-6-8-10-16-27(17-11-9-7-5-2)25-18-21(20(3)29)12-14-23(25)24-15-13-22(28)19-26(24)27/h12-15,18-19H,4-11,16-17H2,1-3H3. The molecule has 0 amide bonds. The van der Waals surface area contributed by atoms with E-state index in [1.807, 2.05) is 6.07 Å². The van der Waals surface area contributed by atoms with Gasteiger partial charge in [-0.05, 0) is 82.8 Å². The Bertz CT molecular complexity index is 840. The van der Waals surface area contributed by atoms with Gasteiger partial charge in [0.05, 0.1) is 0 Å². The number of rotatable bonds is 11. The summed E-state index contributed by atoms with van der Waals surface area (Å²) in [6.07, 6.45) is 12.7. The Morgan fingerprint density at radius 3 is 1.90 bits per heavy atom. The molecule has 1 nitrogen and oxygen atoms in total.